The lowest BCUT2D eigenvalue weighted by Gasteiger charge is -2.04. The number of thiophene rings is 1. The summed E-state index contributed by atoms with van der Waals surface area (Å²) >= 11 is 2.91. The van der Waals surface area contributed by atoms with Crippen LogP contribution >= 0.6 is 22.7 Å². The van der Waals surface area contributed by atoms with Gasteiger partial charge in [-0.15, -0.1) is 11.3 Å². The van der Waals surface area contributed by atoms with Gasteiger partial charge in [-0.3, -0.25) is 10.1 Å². The number of hydrogen-bond acceptors (Lipinski definition) is 4. The minimum absolute atomic E-state index is 0.127. The molecule has 22 heavy (non-hydrogen) atoms. The molecule has 0 spiro atoms. The molecule has 0 aliphatic rings. The summed E-state index contributed by atoms with van der Waals surface area (Å²) in [5.74, 6) is -0.127. The molecule has 6 heteroatoms. The molecule has 0 aliphatic carbocycles. The van der Waals surface area contributed by atoms with Crippen LogP contribution in [0.3, 0.4) is 0 Å². The first-order chi connectivity index (χ1) is 10.8. The number of thiazole rings is 1. The van der Waals surface area contributed by atoms with Gasteiger partial charge in [0.05, 0.1) is 15.9 Å². The Bertz CT molecular complexity index is 904. The van der Waals surface area contributed by atoms with Gasteiger partial charge >= 0.3 is 0 Å². The van der Waals surface area contributed by atoms with Gasteiger partial charge in [0.1, 0.15) is 4.88 Å². The van der Waals surface area contributed by atoms with Crippen LogP contribution in [-0.2, 0) is 0 Å². The summed E-state index contributed by atoms with van der Waals surface area (Å²) in [7, 11) is 0. The second kappa shape index (κ2) is 5.40. The van der Waals surface area contributed by atoms with E-state index in [2.05, 4.69) is 10.3 Å². The van der Waals surface area contributed by atoms with Gasteiger partial charge in [0.15, 0.2) is 5.13 Å². The van der Waals surface area contributed by atoms with Crippen LogP contribution in [-0.4, -0.2) is 15.5 Å². The van der Waals surface area contributed by atoms with E-state index in [1.54, 1.807) is 0 Å². The van der Waals surface area contributed by atoms with Crippen molar-refractivity contribution < 1.29 is 4.79 Å². The fourth-order valence-corrected chi connectivity index (χ4v) is 3.90. The number of carbonyl (C=O) groups excluding carboxylic acids is 1. The van der Waals surface area contributed by atoms with E-state index in [9.17, 15) is 4.79 Å². The molecule has 108 valence electrons. The van der Waals surface area contributed by atoms with Crippen molar-refractivity contribution in [2.75, 3.05) is 5.32 Å². The van der Waals surface area contributed by atoms with Crippen LogP contribution in [0.2, 0.25) is 0 Å². The smallest absolute Gasteiger partial charge is 0.269 e. The molecule has 1 amide bonds. The number of hydrogen-bond donors (Lipinski definition) is 1. The summed E-state index contributed by atoms with van der Waals surface area (Å²) in [6.07, 6.45) is 3.85. The van der Waals surface area contributed by atoms with E-state index < -0.39 is 0 Å². The highest BCUT2D eigenvalue weighted by atomic mass is 32.1. The summed E-state index contributed by atoms with van der Waals surface area (Å²) in [4.78, 5) is 17.6. The van der Waals surface area contributed by atoms with Gasteiger partial charge in [-0.2, -0.15) is 0 Å². The molecule has 0 saturated heterocycles. The fraction of sp³-hybridized carbons (Fsp3) is 0. The van der Waals surface area contributed by atoms with Crippen molar-refractivity contribution in [2.24, 2.45) is 0 Å². The highest BCUT2D eigenvalue weighted by molar-refractivity contribution is 7.22. The van der Waals surface area contributed by atoms with Gasteiger partial charge < -0.3 is 4.57 Å². The molecular weight excluding hydrogens is 314 g/mol. The van der Waals surface area contributed by atoms with Crippen molar-refractivity contribution in [3.63, 3.8) is 0 Å². The summed E-state index contributed by atoms with van der Waals surface area (Å²) in [6, 6.07) is 13.7. The van der Waals surface area contributed by atoms with Crippen LogP contribution in [0.15, 0.2) is 60.2 Å². The third-order valence-corrected chi connectivity index (χ3v) is 5.10. The SMILES string of the molecule is O=C(Nc1nc2ccccc2s1)c1sccc1-n1cccc1. The highest BCUT2D eigenvalue weighted by Gasteiger charge is 2.16. The summed E-state index contributed by atoms with van der Waals surface area (Å²) in [6.45, 7) is 0. The van der Waals surface area contributed by atoms with E-state index in [0.29, 0.717) is 10.0 Å². The van der Waals surface area contributed by atoms with Gasteiger partial charge in [0.25, 0.3) is 5.91 Å². The number of nitrogens with one attached hydrogen (secondary N) is 1. The summed E-state index contributed by atoms with van der Waals surface area (Å²) in [5.41, 5.74) is 1.79. The van der Waals surface area contributed by atoms with E-state index in [1.165, 1.54) is 22.7 Å². The maximum absolute atomic E-state index is 12.5. The predicted molar refractivity (Wildman–Crippen MR) is 91.2 cm³/mol. The maximum atomic E-state index is 12.5. The Morgan fingerprint density at radius 2 is 1.91 bits per heavy atom. The monoisotopic (exact) mass is 325 g/mol. The van der Waals surface area contributed by atoms with Gasteiger partial charge in [-0.25, -0.2) is 4.98 Å². The topological polar surface area (TPSA) is 46.9 Å². The van der Waals surface area contributed by atoms with Crippen molar-refractivity contribution >= 4 is 43.9 Å². The van der Waals surface area contributed by atoms with Crippen molar-refractivity contribution in [3.8, 4) is 5.69 Å². The maximum Gasteiger partial charge on any atom is 0.269 e. The molecule has 0 bridgehead atoms. The Kier molecular flexibility index (Phi) is 3.25. The standard InChI is InChI=1S/C16H11N3OS2/c20-15(14-12(7-10-21-14)19-8-3-4-9-19)18-16-17-11-5-1-2-6-13(11)22-16/h1-10H,(H,17,18,20). The number of anilines is 1. The van der Waals surface area contributed by atoms with E-state index in [-0.39, 0.29) is 5.91 Å². The molecule has 0 aliphatic heterocycles. The first-order valence-electron chi connectivity index (χ1n) is 6.69. The Morgan fingerprint density at radius 1 is 1.09 bits per heavy atom. The zero-order valence-electron chi connectivity index (χ0n) is 11.4. The third kappa shape index (κ3) is 2.32. The fourth-order valence-electron chi connectivity index (χ4n) is 2.25. The lowest BCUT2D eigenvalue weighted by molar-refractivity contribution is 0.103. The van der Waals surface area contributed by atoms with Crippen LogP contribution in [0, 0.1) is 0 Å². The Labute approximate surface area is 134 Å². The first-order valence-corrected chi connectivity index (χ1v) is 8.38. The molecule has 0 fully saturated rings. The minimum Gasteiger partial charge on any atom is -0.322 e. The van der Waals surface area contributed by atoms with Crippen molar-refractivity contribution in [2.45, 2.75) is 0 Å². The number of fused-ring (bicyclic) bond motifs is 1. The number of nitrogens with zero attached hydrogens (tertiary/aromatic N) is 2. The number of aromatic nitrogens is 2. The molecule has 3 aromatic heterocycles. The average molecular weight is 325 g/mol. The largest absolute Gasteiger partial charge is 0.322 e. The van der Waals surface area contributed by atoms with E-state index in [0.717, 1.165) is 15.9 Å². The second-order valence-electron chi connectivity index (χ2n) is 4.67. The molecule has 0 saturated carbocycles. The molecule has 1 N–H and O–H groups in total. The average Bonchev–Trinajstić information content (AvgIpc) is 3.25. The number of rotatable bonds is 3. The van der Waals surface area contributed by atoms with Gasteiger partial charge in [-0.1, -0.05) is 23.5 Å². The van der Waals surface area contributed by atoms with E-state index in [4.69, 9.17) is 0 Å². The molecule has 1 aromatic carbocycles. The predicted octanol–water partition coefficient (Wildman–Crippen LogP) is 4.40. The van der Waals surface area contributed by atoms with Gasteiger partial charge in [0, 0.05) is 12.4 Å². The Balaban J connectivity index is 1.64. The number of carbonyl (C=O) groups is 1. The van der Waals surface area contributed by atoms with E-state index >= 15 is 0 Å². The van der Waals surface area contributed by atoms with Crippen molar-refractivity contribution in [1.82, 2.24) is 9.55 Å². The number of amides is 1. The molecule has 0 unspecified atom stereocenters. The van der Waals surface area contributed by atoms with Crippen LogP contribution in [0.5, 0.6) is 0 Å². The molecule has 0 atom stereocenters. The lowest BCUT2D eigenvalue weighted by atomic mass is 10.3. The zero-order chi connectivity index (χ0) is 14.9. The zero-order valence-corrected chi connectivity index (χ0v) is 13.0. The van der Waals surface area contributed by atoms with Crippen LogP contribution in [0.4, 0.5) is 5.13 Å². The molecular formula is C16H11N3OS2. The highest BCUT2D eigenvalue weighted by Crippen LogP contribution is 2.27. The third-order valence-electron chi connectivity index (χ3n) is 3.25. The molecule has 4 nitrogen and oxygen atoms in total. The second-order valence-corrected chi connectivity index (χ2v) is 6.61. The van der Waals surface area contributed by atoms with Crippen molar-refractivity contribution in [3.05, 3.63) is 65.1 Å². The molecule has 4 aromatic rings. The number of benzene rings is 1. The number of para-hydroxylation sites is 1. The lowest BCUT2D eigenvalue weighted by Crippen LogP contribution is -2.12. The Morgan fingerprint density at radius 3 is 2.73 bits per heavy atom. The van der Waals surface area contributed by atoms with Crippen LogP contribution < -0.4 is 5.32 Å². The molecule has 3 heterocycles. The van der Waals surface area contributed by atoms with Gasteiger partial charge in [0.2, 0.25) is 0 Å². The summed E-state index contributed by atoms with van der Waals surface area (Å²) < 4.78 is 3.00. The summed E-state index contributed by atoms with van der Waals surface area (Å²) in [5, 5.41) is 5.44. The quantitative estimate of drug-likeness (QED) is 0.607. The normalized spacial score (nSPS) is 10.9. The molecule has 4 rings (SSSR count). The van der Waals surface area contributed by atoms with Gasteiger partial charge in [-0.05, 0) is 35.7 Å². The van der Waals surface area contributed by atoms with Crippen LogP contribution in [0.1, 0.15) is 9.67 Å². The van der Waals surface area contributed by atoms with Crippen molar-refractivity contribution in [1.29, 1.82) is 0 Å². The molecule has 0 radical (unpaired) electrons. The van der Waals surface area contributed by atoms with Crippen LogP contribution in [0.25, 0.3) is 15.9 Å². The first kappa shape index (κ1) is 13.2. The minimum atomic E-state index is -0.127. The Hall–Kier alpha value is -2.44. The van der Waals surface area contributed by atoms with E-state index in [1.807, 2.05) is 64.8 Å².